The summed E-state index contributed by atoms with van der Waals surface area (Å²) >= 11 is 7.17. The van der Waals surface area contributed by atoms with Crippen LogP contribution >= 0.6 is 39.0 Å². The quantitative estimate of drug-likeness (QED) is 0.748. The number of anilines is 1. The van der Waals surface area contributed by atoms with Crippen molar-refractivity contribution in [3.05, 3.63) is 22.7 Å². The van der Waals surface area contributed by atoms with Crippen LogP contribution < -0.4 is 5.32 Å². The van der Waals surface area contributed by atoms with E-state index in [0.717, 1.165) is 21.7 Å². The van der Waals surface area contributed by atoms with Crippen molar-refractivity contribution in [1.82, 2.24) is 4.98 Å². The lowest BCUT2D eigenvalue weighted by Gasteiger charge is -2.29. The summed E-state index contributed by atoms with van der Waals surface area (Å²) in [6.07, 6.45) is 4.55. The third-order valence-electron chi connectivity index (χ3n) is 3.63. The molecule has 19 heavy (non-hydrogen) atoms. The molecule has 2 aromatic rings. The van der Waals surface area contributed by atoms with Crippen molar-refractivity contribution < 1.29 is 0 Å². The van der Waals surface area contributed by atoms with E-state index in [9.17, 15) is 0 Å². The van der Waals surface area contributed by atoms with E-state index < -0.39 is 0 Å². The van der Waals surface area contributed by atoms with Crippen LogP contribution in [0, 0.1) is 0 Å². The van der Waals surface area contributed by atoms with E-state index in [1.807, 2.05) is 11.8 Å². The van der Waals surface area contributed by atoms with Gasteiger partial charge in [0, 0.05) is 15.8 Å². The number of hydrogen-bond donors (Lipinski definition) is 1. The molecule has 0 radical (unpaired) electrons. The Bertz CT molecular complexity index is 541. The summed E-state index contributed by atoms with van der Waals surface area (Å²) in [6.45, 7) is 5.50. The third kappa shape index (κ3) is 3.44. The van der Waals surface area contributed by atoms with Crippen molar-refractivity contribution in [2.24, 2.45) is 0 Å². The zero-order chi connectivity index (χ0) is 13.9. The van der Waals surface area contributed by atoms with Gasteiger partial charge in [0.25, 0.3) is 0 Å². The van der Waals surface area contributed by atoms with Crippen LogP contribution in [0.2, 0.25) is 0 Å². The van der Waals surface area contributed by atoms with E-state index in [4.69, 9.17) is 0 Å². The minimum atomic E-state index is 0.318. The molecule has 5 heteroatoms. The molecule has 1 N–H and O–H groups in total. The van der Waals surface area contributed by atoms with Crippen LogP contribution in [-0.2, 0) is 0 Å². The predicted molar refractivity (Wildman–Crippen MR) is 92.6 cm³/mol. The number of aromatic nitrogens is 1. The second-order valence-electron chi connectivity index (χ2n) is 4.58. The summed E-state index contributed by atoms with van der Waals surface area (Å²) in [6, 6.07) is 6.25. The zero-order valence-corrected chi connectivity index (χ0v) is 14.7. The Morgan fingerprint density at radius 2 is 2.11 bits per heavy atom. The van der Waals surface area contributed by atoms with E-state index >= 15 is 0 Å². The summed E-state index contributed by atoms with van der Waals surface area (Å²) in [5.74, 6) is 0. The largest absolute Gasteiger partial charge is 0.360 e. The molecule has 0 bridgehead atoms. The number of halogens is 1. The molecule has 0 aliphatic heterocycles. The molecule has 2 nitrogen and oxygen atoms in total. The number of thiazole rings is 1. The van der Waals surface area contributed by atoms with Crippen molar-refractivity contribution in [2.75, 3.05) is 18.1 Å². The lowest BCUT2D eigenvalue weighted by molar-refractivity contribution is 0.574. The van der Waals surface area contributed by atoms with Gasteiger partial charge in [0.05, 0.1) is 10.2 Å². The van der Waals surface area contributed by atoms with Gasteiger partial charge in [0.15, 0.2) is 5.13 Å². The Labute approximate surface area is 131 Å². The second-order valence-corrected chi connectivity index (χ2v) is 7.80. The highest BCUT2D eigenvalue weighted by Gasteiger charge is 2.24. The lowest BCUT2D eigenvalue weighted by Crippen LogP contribution is -2.31. The molecule has 1 aromatic heterocycles. The Morgan fingerprint density at radius 3 is 2.74 bits per heavy atom. The molecule has 104 valence electrons. The monoisotopic (exact) mass is 358 g/mol. The number of fused-ring (bicyclic) bond motifs is 1. The van der Waals surface area contributed by atoms with Gasteiger partial charge in [-0.25, -0.2) is 4.98 Å². The fourth-order valence-corrected chi connectivity index (χ4v) is 4.06. The molecular weight excluding hydrogens is 340 g/mol. The average Bonchev–Trinajstić information content (AvgIpc) is 2.83. The molecule has 0 unspecified atom stereocenters. The molecular formula is C14H19BrN2S2. The number of rotatable bonds is 6. The fourth-order valence-electron chi connectivity index (χ4n) is 2.07. The van der Waals surface area contributed by atoms with Crippen LogP contribution in [0.3, 0.4) is 0 Å². The SMILES string of the molecule is CCC(CC)(CNc1nc2cc(Br)ccc2s1)SC. The van der Waals surface area contributed by atoms with E-state index in [1.54, 1.807) is 11.3 Å². The maximum absolute atomic E-state index is 4.65. The molecule has 0 aliphatic rings. The van der Waals surface area contributed by atoms with Crippen LogP contribution in [0.25, 0.3) is 10.2 Å². The van der Waals surface area contributed by atoms with Crippen LogP contribution in [0.1, 0.15) is 26.7 Å². The van der Waals surface area contributed by atoms with E-state index in [1.165, 1.54) is 17.5 Å². The number of nitrogens with one attached hydrogen (secondary N) is 1. The van der Waals surface area contributed by atoms with Crippen molar-refractivity contribution in [3.63, 3.8) is 0 Å². The normalized spacial score (nSPS) is 12.0. The first-order valence-corrected chi connectivity index (χ1v) is 9.31. The first kappa shape index (κ1) is 15.1. The molecule has 1 heterocycles. The lowest BCUT2D eigenvalue weighted by atomic mass is 10.0. The Morgan fingerprint density at radius 1 is 1.37 bits per heavy atom. The summed E-state index contributed by atoms with van der Waals surface area (Å²) < 4.78 is 2.63. The van der Waals surface area contributed by atoms with Gasteiger partial charge in [-0.2, -0.15) is 11.8 Å². The highest BCUT2D eigenvalue weighted by atomic mass is 79.9. The van der Waals surface area contributed by atoms with Gasteiger partial charge in [-0.1, -0.05) is 41.1 Å². The van der Waals surface area contributed by atoms with Crippen LogP contribution in [-0.4, -0.2) is 22.5 Å². The molecule has 0 saturated carbocycles. The van der Waals surface area contributed by atoms with Crippen LogP contribution in [0.4, 0.5) is 5.13 Å². The minimum absolute atomic E-state index is 0.318. The second kappa shape index (κ2) is 6.46. The predicted octanol–water partition coefficient (Wildman–Crippen LogP) is 5.39. The van der Waals surface area contributed by atoms with Gasteiger partial charge >= 0.3 is 0 Å². The van der Waals surface area contributed by atoms with Crippen molar-refractivity contribution in [2.45, 2.75) is 31.4 Å². The van der Waals surface area contributed by atoms with Crippen LogP contribution in [0.5, 0.6) is 0 Å². The summed E-state index contributed by atoms with van der Waals surface area (Å²) in [7, 11) is 0. The molecule has 0 spiro atoms. The first-order valence-electron chi connectivity index (χ1n) is 6.47. The first-order chi connectivity index (χ1) is 9.12. The van der Waals surface area contributed by atoms with Crippen molar-refractivity contribution in [3.8, 4) is 0 Å². The molecule has 0 fully saturated rings. The van der Waals surface area contributed by atoms with Gasteiger partial charge in [0.1, 0.15) is 0 Å². The fraction of sp³-hybridized carbons (Fsp3) is 0.500. The van der Waals surface area contributed by atoms with Gasteiger partial charge < -0.3 is 5.32 Å². The van der Waals surface area contributed by atoms with E-state index in [0.29, 0.717) is 4.75 Å². The standard InChI is InChI=1S/C14H19BrN2S2/c1-4-14(5-2,18-3)9-16-13-17-11-8-10(15)6-7-12(11)19-13/h6-8H,4-5,9H2,1-3H3,(H,16,17). The summed E-state index contributed by atoms with van der Waals surface area (Å²) in [5.41, 5.74) is 1.06. The molecule has 0 saturated heterocycles. The Kier molecular flexibility index (Phi) is 5.15. The highest BCUT2D eigenvalue weighted by Crippen LogP contribution is 2.33. The van der Waals surface area contributed by atoms with E-state index in [2.05, 4.69) is 64.5 Å². The average molecular weight is 359 g/mol. The smallest absolute Gasteiger partial charge is 0.183 e. The highest BCUT2D eigenvalue weighted by molar-refractivity contribution is 9.10. The Balaban J connectivity index is 2.13. The molecule has 2 rings (SSSR count). The van der Waals surface area contributed by atoms with Gasteiger partial charge in [-0.05, 0) is 37.3 Å². The number of nitrogens with zero attached hydrogens (tertiary/aromatic N) is 1. The van der Waals surface area contributed by atoms with Crippen LogP contribution in [0.15, 0.2) is 22.7 Å². The van der Waals surface area contributed by atoms with Crippen molar-refractivity contribution in [1.29, 1.82) is 0 Å². The van der Waals surface area contributed by atoms with E-state index in [-0.39, 0.29) is 0 Å². The summed E-state index contributed by atoms with van der Waals surface area (Å²) in [5, 5.41) is 4.54. The topological polar surface area (TPSA) is 24.9 Å². The Hall–Kier alpha value is -0.260. The number of thioether (sulfide) groups is 1. The number of benzene rings is 1. The molecule has 1 aromatic carbocycles. The van der Waals surface area contributed by atoms with Gasteiger partial charge in [-0.15, -0.1) is 0 Å². The minimum Gasteiger partial charge on any atom is -0.360 e. The zero-order valence-electron chi connectivity index (χ0n) is 11.5. The molecule has 0 amide bonds. The van der Waals surface area contributed by atoms with Gasteiger partial charge in [-0.3, -0.25) is 0 Å². The summed E-state index contributed by atoms with van der Waals surface area (Å²) in [4.78, 5) is 4.65. The maximum atomic E-state index is 4.65. The number of hydrogen-bond acceptors (Lipinski definition) is 4. The third-order valence-corrected chi connectivity index (χ3v) is 6.71. The maximum Gasteiger partial charge on any atom is 0.183 e. The van der Waals surface area contributed by atoms with Crippen molar-refractivity contribution >= 4 is 54.4 Å². The van der Waals surface area contributed by atoms with Gasteiger partial charge in [0.2, 0.25) is 0 Å². The molecule has 0 atom stereocenters. The molecule has 0 aliphatic carbocycles.